The predicted molar refractivity (Wildman–Crippen MR) is 55.8 cm³/mol. The van der Waals surface area contributed by atoms with Crippen LogP contribution >= 0.6 is 0 Å². The maximum absolute atomic E-state index is 11.3. The van der Waals surface area contributed by atoms with Crippen LogP contribution in [-0.4, -0.2) is 34.8 Å². The summed E-state index contributed by atoms with van der Waals surface area (Å²) in [5.74, 6) is 0. The fourth-order valence-corrected chi connectivity index (χ4v) is 2.54. The van der Waals surface area contributed by atoms with Crippen LogP contribution in [0.4, 0.5) is 0 Å². The van der Waals surface area contributed by atoms with Crippen LogP contribution in [0.2, 0.25) is 0 Å². The molecule has 0 saturated carbocycles. The van der Waals surface area contributed by atoms with Crippen molar-refractivity contribution in [2.45, 2.75) is 9.79 Å². The van der Waals surface area contributed by atoms with Gasteiger partial charge in [-0.3, -0.25) is 13.5 Å². The van der Waals surface area contributed by atoms with E-state index in [9.17, 15) is 21.6 Å². The van der Waals surface area contributed by atoms with Crippen LogP contribution in [0.15, 0.2) is 28.0 Å². The fraction of sp³-hybridized carbons (Fsp3) is 0.125. The van der Waals surface area contributed by atoms with E-state index in [4.69, 9.17) is 4.55 Å². The number of hydrogen-bond acceptors (Lipinski definition) is 6. The first kappa shape index (κ1) is 13.8. The van der Waals surface area contributed by atoms with Crippen molar-refractivity contribution in [1.82, 2.24) is 0 Å². The molecule has 1 rings (SSSR count). The number of carbonyl (C=O) groups excluding carboxylic acids is 1. The van der Waals surface area contributed by atoms with Crippen LogP contribution in [0.3, 0.4) is 0 Å². The van der Waals surface area contributed by atoms with Gasteiger partial charge in [0, 0.05) is 5.56 Å². The van der Waals surface area contributed by atoms with Gasteiger partial charge in [-0.15, -0.1) is 0 Å². The molecule has 0 aliphatic heterocycles. The summed E-state index contributed by atoms with van der Waals surface area (Å²) in [7, 11) is -7.89. The van der Waals surface area contributed by atoms with Gasteiger partial charge >= 0.3 is 0 Å². The van der Waals surface area contributed by atoms with Crippen LogP contribution in [0.25, 0.3) is 0 Å². The molecule has 0 heterocycles. The first-order valence-corrected chi connectivity index (χ1v) is 6.94. The Kier molecular flexibility index (Phi) is 3.67. The lowest BCUT2D eigenvalue weighted by Crippen LogP contribution is -2.08. The molecule has 0 bridgehead atoms. The maximum Gasteiger partial charge on any atom is 0.296 e. The zero-order valence-corrected chi connectivity index (χ0v) is 10.2. The second-order valence-electron chi connectivity index (χ2n) is 2.91. The molecule has 1 aromatic carbocycles. The molecule has 94 valence electrons. The summed E-state index contributed by atoms with van der Waals surface area (Å²) in [6.45, 7) is 0. The molecule has 9 heteroatoms. The van der Waals surface area contributed by atoms with Gasteiger partial charge in [-0.25, -0.2) is 0 Å². The van der Waals surface area contributed by atoms with E-state index in [0.29, 0.717) is 6.07 Å². The van der Waals surface area contributed by atoms with Crippen molar-refractivity contribution in [3.63, 3.8) is 0 Å². The van der Waals surface area contributed by atoms with Crippen molar-refractivity contribution >= 4 is 26.5 Å². The third kappa shape index (κ3) is 2.88. The highest BCUT2D eigenvalue weighted by molar-refractivity contribution is 7.87. The lowest BCUT2D eigenvalue weighted by molar-refractivity contribution is 0.112. The summed E-state index contributed by atoms with van der Waals surface area (Å²) in [5.41, 5.74) is -0.345. The Hall–Kier alpha value is -1.29. The largest absolute Gasteiger partial charge is 0.298 e. The van der Waals surface area contributed by atoms with Crippen molar-refractivity contribution in [2.75, 3.05) is 7.11 Å². The van der Waals surface area contributed by atoms with Crippen molar-refractivity contribution in [2.24, 2.45) is 0 Å². The minimum atomic E-state index is -4.69. The lowest BCUT2D eigenvalue weighted by atomic mass is 10.2. The molecular weight excluding hydrogens is 272 g/mol. The van der Waals surface area contributed by atoms with Gasteiger partial charge in [0.15, 0.2) is 6.29 Å². The molecule has 7 nitrogen and oxygen atoms in total. The van der Waals surface area contributed by atoms with Crippen molar-refractivity contribution in [3.8, 4) is 0 Å². The SMILES string of the molecule is COS(=O)(=O)c1ccc(C=O)c(S(=O)(=O)O)c1. The van der Waals surface area contributed by atoms with Crippen LogP contribution in [0, 0.1) is 0 Å². The monoisotopic (exact) mass is 280 g/mol. The molecule has 1 N–H and O–H groups in total. The fourth-order valence-electron chi connectivity index (χ4n) is 1.09. The number of carbonyl (C=O) groups is 1. The average Bonchev–Trinajstić information content (AvgIpc) is 2.27. The quantitative estimate of drug-likeness (QED) is 0.471. The average molecular weight is 280 g/mol. The zero-order chi connectivity index (χ0) is 13.3. The smallest absolute Gasteiger partial charge is 0.296 e. The Morgan fingerprint density at radius 2 is 1.82 bits per heavy atom. The van der Waals surface area contributed by atoms with E-state index in [1.807, 2.05) is 0 Å². The molecule has 0 aliphatic rings. The first-order chi connectivity index (χ1) is 7.72. The van der Waals surface area contributed by atoms with Gasteiger partial charge < -0.3 is 0 Å². The molecule has 0 amide bonds. The third-order valence-corrected chi connectivity index (χ3v) is 4.08. The third-order valence-electron chi connectivity index (χ3n) is 1.90. The Balaban J connectivity index is 3.60. The standard InChI is InChI=1S/C8H8O7S2/c1-15-17(13,14)7-3-2-6(5-9)8(4-7)16(10,11)12/h2-5H,1H3,(H,10,11,12). The normalized spacial score (nSPS) is 12.4. The summed E-state index contributed by atoms with van der Waals surface area (Å²) >= 11 is 0. The molecule has 0 spiro atoms. The van der Waals surface area contributed by atoms with Crippen LogP contribution in [0.5, 0.6) is 0 Å². The topological polar surface area (TPSA) is 115 Å². The molecule has 0 aromatic heterocycles. The maximum atomic E-state index is 11.3. The van der Waals surface area contributed by atoms with Gasteiger partial charge in [0.25, 0.3) is 20.2 Å². The molecule has 1 aromatic rings. The van der Waals surface area contributed by atoms with Gasteiger partial charge in [0.1, 0.15) is 4.90 Å². The van der Waals surface area contributed by atoms with Gasteiger partial charge in [0.05, 0.1) is 12.0 Å². The molecule has 0 saturated heterocycles. The first-order valence-electron chi connectivity index (χ1n) is 4.09. The van der Waals surface area contributed by atoms with Gasteiger partial charge in [0.2, 0.25) is 0 Å². The number of aldehydes is 1. The summed E-state index contributed by atoms with van der Waals surface area (Å²) in [4.78, 5) is 9.29. The molecule has 0 atom stereocenters. The van der Waals surface area contributed by atoms with Crippen molar-refractivity contribution < 1.29 is 30.4 Å². The van der Waals surface area contributed by atoms with E-state index in [1.165, 1.54) is 0 Å². The van der Waals surface area contributed by atoms with Crippen LogP contribution in [-0.2, 0) is 24.4 Å². The zero-order valence-electron chi connectivity index (χ0n) is 8.52. The Bertz CT molecular complexity index is 642. The van der Waals surface area contributed by atoms with Gasteiger partial charge in [-0.1, -0.05) is 0 Å². The molecule has 0 aliphatic carbocycles. The van der Waals surface area contributed by atoms with E-state index in [1.54, 1.807) is 0 Å². The summed E-state index contributed by atoms with van der Waals surface area (Å²) in [6, 6.07) is 2.61. The van der Waals surface area contributed by atoms with E-state index in [0.717, 1.165) is 19.2 Å². The number of rotatable bonds is 4. The second-order valence-corrected chi connectivity index (χ2v) is 6.02. The molecule has 0 fully saturated rings. The summed E-state index contributed by atoms with van der Waals surface area (Å²) in [6.07, 6.45) is 0.187. The van der Waals surface area contributed by atoms with Crippen molar-refractivity contribution in [3.05, 3.63) is 23.8 Å². The van der Waals surface area contributed by atoms with Crippen LogP contribution < -0.4 is 0 Å². The van der Waals surface area contributed by atoms with E-state index in [-0.39, 0.29) is 11.8 Å². The van der Waals surface area contributed by atoms with Crippen LogP contribution in [0.1, 0.15) is 10.4 Å². The van der Waals surface area contributed by atoms with Crippen molar-refractivity contribution in [1.29, 1.82) is 0 Å². The minimum Gasteiger partial charge on any atom is -0.298 e. The molecular formula is C8H8O7S2. The second kappa shape index (κ2) is 4.53. The van der Waals surface area contributed by atoms with Gasteiger partial charge in [-0.2, -0.15) is 16.8 Å². The minimum absolute atomic E-state index is 0.187. The Labute approximate surface area is 97.9 Å². The predicted octanol–water partition coefficient (Wildman–Crippen LogP) is 0.0809. The lowest BCUT2D eigenvalue weighted by Gasteiger charge is -2.05. The molecule has 17 heavy (non-hydrogen) atoms. The summed E-state index contributed by atoms with van der Waals surface area (Å²) < 4.78 is 57.5. The highest BCUT2D eigenvalue weighted by Gasteiger charge is 2.21. The Morgan fingerprint density at radius 1 is 1.24 bits per heavy atom. The molecule has 0 radical (unpaired) electrons. The highest BCUT2D eigenvalue weighted by Crippen LogP contribution is 2.20. The van der Waals surface area contributed by atoms with Gasteiger partial charge in [-0.05, 0) is 18.2 Å². The van der Waals surface area contributed by atoms with E-state index in [2.05, 4.69) is 4.18 Å². The van der Waals surface area contributed by atoms with E-state index < -0.39 is 30.0 Å². The Morgan fingerprint density at radius 3 is 2.24 bits per heavy atom. The summed E-state index contributed by atoms with van der Waals surface area (Å²) in [5, 5.41) is 0. The number of hydrogen-bond donors (Lipinski definition) is 1. The number of benzene rings is 1. The highest BCUT2D eigenvalue weighted by atomic mass is 32.2. The van der Waals surface area contributed by atoms with E-state index >= 15 is 0 Å². The molecule has 0 unspecified atom stereocenters.